The van der Waals surface area contributed by atoms with E-state index in [0.29, 0.717) is 36.3 Å². The van der Waals surface area contributed by atoms with Crippen LogP contribution in [0.2, 0.25) is 0 Å². The molecule has 0 saturated heterocycles. The molecule has 1 unspecified atom stereocenters. The van der Waals surface area contributed by atoms with Gasteiger partial charge in [-0.3, -0.25) is 4.79 Å². The van der Waals surface area contributed by atoms with Crippen molar-refractivity contribution in [1.29, 1.82) is 0 Å². The normalized spacial score (nSPS) is 27.3. The lowest BCUT2D eigenvalue weighted by Gasteiger charge is -2.44. The zero-order valence-corrected chi connectivity index (χ0v) is 14.4. The van der Waals surface area contributed by atoms with Gasteiger partial charge in [0, 0.05) is 34.7 Å². The minimum absolute atomic E-state index is 0.00405. The van der Waals surface area contributed by atoms with Crippen molar-refractivity contribution in [2.75, 3.05) is 6.54 Å². The van der Waals surface area contributed by atoms with Crippen LogP contribution in [-0.4, -0.2) is 12.3 Å². The lowest BCUT2D eigenvalue weighted by atomic mass is 9.61. The first-order chi connectivity index (χ1) is 11.7. The van der Waals surface area contributed by atoms with Gasteiger partial charge < -0.3 is 5.32 Å². The fourth-order valence-corrected chi connectivity index (χ4v) is 4.27. The lowest BCUT2D eigenvalue weighted by Crippen LogP contribution is -2.45. The Labute approximate surface area is 144 Å². The summed E-state index contributed by atoms with van der Waals surface area (Å²) >= 11 is 0. The molecule has 1 N–H and O–H groups in total. The van der Waals surface area contributed by atoms with Crippen molar-refractivity contribution in [2.24, 2.45) is 15.6 Å². The van der Waals surface area contributed by atoms with E-state index in [1.54, 1.807) is 0 Å². The Balaban J connectivity index is 1.97. The van der Waals surface area contributed by atoms with Crippen molar-refractivity contribution in [2.45, 2.75) is 39.0 Å². The summed E-state index contributed by atoms with van der Waals surface area (Å²) in [5, 5.41) is 11.5. The molecule has 0 amide bonds. The van der Waals surface area contributed by atoms with E-state index in [1.165, 1.54) is 12.1 Å². The number of azo groups is 1. The molecule has 2 heterocycles. The van der Waals surface area contributed by atoms with E-state index < -0.39 is 17.0 Å². The number of nitrogens with one attached hydrogen (secondary N) is 1. The van der Waals surface area contributed by atoms with Crippen LogP contribution in [0.1, 0.15) is 39.2 Å². The highest BCUT2D eigenvalue weighted by molar-refractivity contribution is 6.01. The molecule has 0 spiro atoms. The summed E-state index contributed by atoms with van der Waals surface area (Å²) in [6, 6.07) is 3.44. The quantitative estimate of drug-likeness (QED) is 0.833. The topological polar surface area (TPSA) is 53.8 Å². The second kappa shape index (κ2) is 5.07. The minimum Gasteiger partial charge on any atom is -0.342 e. The molecule has 2 aliphatic heterocycles. The first-order valence-electron chi connectivity index (χ1n) is 8.32. The molecule has 0 radical (unpaired) electrons. The predicted molar refractivity (Wildman–Crippen MR) is 88.6 cm³/mol. The summed E-state index contributed by atoms with van der Waals surface area (Å²) in [4.78, 5) is 13.0. The summed E-state index contributed by atoms with van der Waals surface area (Å²) in [5.41, 5.74) is 1.47. The van der Waals surface area contributed by atoms with Gasteiger partial charge in [0.25, 0.3) is 0 Å². The van der Waals surface area contributed by atoms with E-state index in [0.717, 1.165) is 17.3 Å². The number of carbonyl (C=O) groups excluding carboxylic acids is 1. The number of Topliss-reactive ketones (excluding diaryl/α,β-unsaturated/α-hetero) is 1. The number of ketones is 1. The van der Waals surface area contributed by atoms with Crippen molar-refractivity contribution < 1.29 is 13.6 Å². The van der Waals surface area contributed by atoms with Gasteiger partial charge in [0.05, 0.1) is 6.54 Å². The summed E-state index contributed by atoms with van der Waals surface area (Å²) < 4.78 is 27.8. The monoisotopic (exact) mass is 343 g/mol. The molecule has 25 heavy (non-hydrogen) atoms. The molecule has 0 bridgehead atoms. The molecule has 0 aromatic heterocycles. The van der Waals surface area contributed by atoms with Crippen molar-refractivity contribution in [3.63, 3.8) is 0 Å². The number of hydrogen-bond acceptors (Lipinski definition) is 4. The van der Waals surface area contributed by atoms with Crippen LogP contribution in [0.25, 0.3) is 0 Å². The Morgan fingerprint density at radius 1 is 1.08 bits per heavy atom. The number of dihydropyridines is 1. The van der Waals surface area contributed by atoms with Crippen LogP contribution in [0, 0.1) is 17.0 Å². The number of rotatable bonds is 1. The van der Waals surface area contributed by atoms with Gasteiger partial charge in [-0.1, -0.05) is 13.8 Å². The molecule has 1 aromatic rings. The Morgan fingerprint density at radius 2 is 1.76 bits per heavy atom. The van der Waals surface area contributed by atoms with E-state index in [1.807, 2.05) is 20.8 Å². The molecule has 1 atom stereocenters. The number of hydrogen-bond donors (Lipinski definition) is 1. The third kappa shape index (κ3) is 2.34. The van der Waals surface area contributed by atoms with Crippen LogP contribution < -0.4 is 5.32 Å². The van der Waals surface area contributed by atoms with Gasteiger partial charge in [0.15, 0.2) is 11.6 Å². The molecule has 3 aliphatic rings. The molecule has 0 saturated carbocycles. The molecule has 0 fully saturated rings. The van der Waals surface area contributed by atoms with E-state index in [2.05, 4.69) is 15.5 Å². The van der Waals surface area contributed by atoms with Crippen LogP contribution in [0.4, 0.5) is 8.78 Å². The van der Waals surface area contributed by atoms with E-state index in [9.17, 15) is 13.6 Å². The van der Waals surface area contributed by atoms with Crippen LogP contribution in [-0.2, 0) is 10.2 Å². The molecule has 4 nitrogen and oxygen atoms in total. The third-order valence-corrected chi connectivity index (χ3v) is 5.37. The average molecular weight is 343 g/mol. The van der Waals surface area contributed by atoms with E-state index >= 15 is 0 Å². The summed E-state index contributed by atoms with van der Waals surface area (Å²) in [7, 11) is 0. The second-order valence-corrected chi connectivity index (χ2v) is 7.93. The largest absolute Gasteiger partial charge is 0.342 e. The number of carbonyl (C=O) groups is 1. The molecule has 1 aliphatic carbocycles. The fraction of sp³-hybridized carbons (Fsp3) is 0.421. The Kier molecular flexibility index (Phi) is 3.27. The Morgan fingerprint density at radius 3 is 2.44 bits per heavy atom. The zero-order chi connectivity index (χ0) is 18.0. The highest BCUT2D eigenvalue weighted by Gasteiger charge is 2.49. The predicted octanol–water partition coefficient (Wildman–Crippen LogP) is 4.15. The van der Waals surface area contributed by atoms with Gasteiger partial charge >= 0.3 is 0 Å². The standard InChI is InChI=1S/C19H19F2N3O/c1-18(2)7-14-16(15(25)8-18)19(3,13-9-22-24-17(13)23-14)10-4-11(20)6-12(21)5-10/h4-6,23H,7-9H2,1-3H3. The summed E-state index contributed by atoms with van der Waals surface area (Å²) in [6.07, 6.45) is 1.07. The van der Waals surface area contributed by atoms with Gasteiger partial charge in [-0.2, -0.15) is 5.11 Å². The third-order valence-electron chi connectivity index (χ3n) is 5.37. The van der Waals surface area contributed by atoms with Crippen molar-refractivity contribution in [1.82, 2.24) is 5.32 Å². The van der Waals surface area contributed by atoms with E-state index in [-0.39, 0.29) is 11.2 Å². The highest BCUT2D eigenvalue weighted by Crippen LogP contribution is 2.51. The first-order valence-corrected chi connectivity index (χ1v) is 8.32. The van der Waals surface area contributed by atoms with E-state index in [4.69, 9.17) is 0 Å². The molecule has 6 heteroatoms. The lowest BCUT2D eigenvalue weighted by molar-refractivity contribution is -0.118. The maximum atomic E-state index is 13.9. The van der Waals surface area contributed by atoms with Crippen LogP contribution >= 0.6 is 0 Å². The summed E-state index contributed by atoms with van der Waals surface area (Å²) in [5.74, 6) is -0.718. The van der Waals surface area contributed by atoms with Gasteiger partial charge in [-0.25, -0.2) is 8.78 Å². The van der Waals surface area contributed by atoms with Crippen molar-refractivity contribution >= 4 is 5.78 Å². The average Bonchev–Trinajstić information content (AvgIpc) is 2.93. The number of nitrogens with zero attached hydrogens (tertiary/aromatic N) is 2. The minimum atomic E-state index is -0.935. The smallest absolute Gasteiger partial charge is 0.162 e. The number of allylic oxidation sites excluding steroid dienone is 2. The van der Waals surface area contributed by atoms with Crippen molar-refractivity contribution in [3.8, 4) is 0 Å². The van der Waals surface area contributed by atoms with Gasteiger partial charge in [-0.05, 0) is 36.5 Å². The first kappa shape index (κ1) is 16.1. The van der Waals surface area contributed by atoms with Gasteiger partial charge in [0.1, 0.15) is 11.6 Å². The Hall–Kier alpha value is -2.37. The zero-order valence-electron chi connectivity index (χ0n) is 14.4. The highest BCUT2D eigenvalue weighted by atomic mass is 19.1. The van der Waals surface area contributed by atoms with Crippen LogP contribution in [0.3, 0.4) is 0 Å². The molecule has 130 valence electrons. The Bertz CT molecular complexity index is 878. The van der Waals surface area contributed by atoms with Crippen LogP contribution in [0.15, 0.2) is 51.1 Å². The maximum absolute atomic E-state index is 13.9. The van der Waals surface area contributed by atoms with Gasteiger partial charge in [0.2, 0.25) is 0 Å². The molecule has 4 rings (SSSR count). The van der Waals surface area contributed by atoms with Crippen LogP contribution in [0.5, 0.6) is 0 Å². The fourth-order valence-electron chi connectivity index (χ4n) is 4.27. The maximum Gasteiger partial charge on any atom is 0.162 e. The number of benzene rings is 1. The molecular weight excluding hydrogens is 324 g/mol. The second-order valence-electron chi connectivity index (χ2n) is 7.93. The van der Waals surface area contributed by atoms with Gasteiger partial charge in [-0.15, -0.1) is 5.11 Å². The molecule has 1 aromatic carbocycles. The SMILES string of the molecule is CC1(C)CC(=O)C2=C(C1)NC1=C(CN=N1)C2(C)c1cc(F)cc(F)c1. The number of halogens is 2. The van der Waals surface area contributed by atoms with Crippen molar-refractivity contribution in [3.05, 3.63) is 58.1 Å². The molecular formula is C19H19F2N3O. The summed E-state index contributed by atoms with van der Waals surface area (Å²) in [6.45, 7) is 6.23.